The summed E-state index contributed by atoms with van der Waals surface area (Å²) < 4.78 is 0. The second-order valence-electron chi connectivity index (χ2n) is 14.2. The summed E-state index contributed by atoms with van der Waals surface area (Å²) in [5.74, 6) is 0.721. The fourth-order valence-corrected chi connectivity index (χ4v) is 8.35. The average molecular weight is 651 g/mol. The Morgan fingerprint density at radius 2 is 0.882 bits per heavy atom. The monoisotopic (exact) mass is 650 g/mol. The van der Waals surface area contributed by atoms with Crippen molar-refractivity contribution in [1.82, 2.24) is 9.97 Å². The fraction of sp³-hybridized carbons (Fsp3) is 0.0612. The molecule has 10 rings (SSSR count). The molecular weight excluding hydrogens is 617 g/mol. The van der Waals surface area contributed by atoms with E-state index in [1.165, 1.54) is 65.7 Å². The minimum absolute atomic E-state index is 0.0231. The zero-order valence-corrected chi connectivity index (χ0v) is 28.6. The molecule has 0 fully saturated rings. The van der Waals surface area contributed by atoms with E-state index in [1.807, 2.05) is 12.1 Å². The molecule has 240 valence electrons. The van der Waals surface area contributed by atoms with E-state index in [0.717, 1.165) is 33.9 Å². The van der Waals surface area contributed by atoms with Crippen LogP contribution in [0, 0.1) is 0 Å². The Labute approximate surface area is 297 Å². The van der Waals surface area contributed by atoms with E-state index in [9.17, 15) is 0 Å². The molecule has 0 bridgehead atoms. The van der Waals surface area contributed by atoms with Crippen molar-refractivity contribution in [2.75, 3.05) is 0 Å². The molecule has 0 atom stereocenters. The summed E-state index contributed by atoms with van der Waals surface area (Å²) in [4.78, 5) is 10.6. The molecule has 8 aromatic carbocycles. The highest BCUT2D eigenvalue weighted by Gasteiger charge is 2.35. The van der Waals surface area contributed by atoms with Gasteiger partial charge in [0.05, 0.1) is 11.4 Å². The van der Waals surface area contributed by atoms with Gasteiger partial charge in [-0.3, -0.25) is 0 Å². The Kier molecular flexibility index (Phi) is 6.56. The van der Waals surface area contributed by atoms with E-state index in [0.29, 0.717) is 0 Å². The number of aromatic nitrogens is 2. The van der Waals surface area contributed by atoms with E-state index < -0.39 is 0 Å². The highest BCUT2D eigenvalue weighted by molar-refractivity contribution is 6.28. The van der Waals surface area contributed by atoms with Gasteiger partial charge in [-0.25, -0.2) is 9.97 Å². The summed E-state index contributed by atoms with van der Waals surface area (Å²) in [7, 11) is 0. The van der Waals surface area contributed by atoms with Crippen molar-refractivity contribution < 1.29 is 0 Å². The first-order valence-electron chi connectivity index (χ1n) is 17.7. The van der Waals surface area contributed by atoms with Crippen LogP contribution in [0.2, 0.25) is 0 Å². The van der Waals surface area contributed by atoms with Gasteiger partial charge in [0.1, 0.15) is 0 Å². The summed E-state index contributed by atoms with van der Waals surface area (Å²) in [6, 6.07) is 61.2. The van der Waals surface area contributed by atoms with Gasteiger partial charge in [-0.15, -0.1) is 0 Å². The normalized spacial score (nSPS) is 13.1. The van der Waals surface area contributed by atoms with Crippen molar-refractivity contribution in [3.05, 3.63) is 181 Å². The molecule has 1 aliphatic carbocycles. The Balaban J connectivity index is 1.25. The lowest BCUT2D eigenvalue weighted by molar-refractivity contribution is 0.660. The largest absolute Gasteiger partial charge is 0.228 e. The van der Waals surface area contributed by atoms with Crippen LogP contribution < -0.4 is 0 Å². The van der Waals surface area contributed by atoms with Crippen LogP contribution in [0.25, 0.3) is 88.5 Å². The van der Waals surface area contributed by atoms with E-state index in [-0.39, 0.29) is 5.41 Å². The maximum Gasteiger partial charge on any atom is 0.161 e. The van der Waals surface area contributed by atoms with Crippen molar-refractivity contribution in [2.45, 2.75) is 19.3 Å². The van der Waals surface area contributed by atoms with Gasteiger partial charge in [0, 0.05) is 27.5 Å². The van der Waals surface area contributed by atoms with Gasteiger partial charge >= 0.3 is 0 Å². The number of fused-ring (bicyclic) bond motifs is 9. The number of hydrogen-bond acceptors (Lipinski definition) is 2. The third kappa shape index (κ3) is 4.64. The van der Waals surface area contributed by atoms with E-state index >= 15 is 0 Å². The van der Waals surface area contributed by atoms with Crippen molar-refractivity contribution in [3.8, 4) is 56.2 Å². The number of rotatable bonds is 4. The Morgan fingerprint density at radius 1 is 0.353 bits per heavy atom. The van der Waals surface area contributed by atoms with Gasteiger partial charge in [-0.2, -0.15) is 0 Å². The number of benzene rings is 8. The molecule has 1 heterocycles. The summed E-state index contributed by atoms with van der Waals surface area (Å²) >= 11 is 0. The first-order valence-corrected chi connectivity index (χ1v) is 17.7. The van der Waals surface area contributed by atoms with Crippen molar-refractivity contribution >= 4 is 32.3 Å². The van der Waals surface area contributed by atoms with Crippen LogP contribution in [-0.2, 0) is 5.41 Å². The molecule has 0 radical (unpaired) electrons. The second-order valence-corrected chi connectivity index (χ2v) is 14.2. The standard InChI is InChI=1S/C49H34N2/c1-49(2)43-23-12-11-20-38(43)41-28-34(25-27-44(41)49)33-24-26-37-35-18-9-10-19-36(35)39-21-13-22-40(47(39)42(37)29-33)48-50-45(31-14-5-3-6-15-31)30-46(51-48)32-16-7-4-8-17-32/h3-30H,1-2H3. The molecule has 0 unspecified atom stereocenters. The summed E-state index contributed by atoms with van der Waals surface area (Å²) in [5.41, 5.74) is 12.8. The molecule has 0 aliphatic heterocycles. The van der Waals surface area contributed by atoms with E-state index in [1.54, 1.807) is 0 Å². The van der Waals surface area contributed by atoms with E-state index in [4.69, 9.17) is 9.97 Å². The van der Waals surface area contributed by atoms with Crippen molar-refractivity contribution in [2.24, 2.45) is 0 Å². The van der Waals surface area contributed by atoms with Crippen molar-refractivity contribution in [3.63, 3.8) is 0 Å². The summed E-state index contributed by atoms with van der Waals surface area (Å²) in [5, 5.41) is 7.28. The van der Waals surface area contributed by atoms with Gasteiger partial charge in [-0.05, 0) is 78.5 Å². The molecule has 51 heavy (non-hydrogen) atoms. The smallest absolute Gasteiger partial charge is 0.161 e. The first-order chi connectivity index (χ1) is 25.0. The van der Waals surface area contributed by atoms with Gasteiger partial charge in [-0.1, -0.05) is 166 Å². The van der Waals surface area contributed by atoms with Gasteiger partial charge in [0.2, 0.25) is 0 Å². The van der Waals surface area contributed by atoms with Gasteiger partial charge in [0.25, 0.3) is 0 Å². The van der Waals surface area contributed by atoms with E-state index in [2.05, 4.69) is 172 Å². The topological polar surface area (TPSA) is 25.8 Å². The van der Waals surface area contributed by atoms with Gasteiger partial charge < -0.3 is 0 Å². The maximum atomic E-state index is 5.28. The zero-order valence-electron chi connectivity index (χ0n) is 28.6. The predicted molar refractivity (Wildman–Crippen MR) is 214 cm³/mol. The highest BCUT2D eigenvalue weighted by Crippen LogP contribution is 2.50. The minimum atomic E-state index is -0.0231. The highest BCUT2D eigenvalue weighted by atomic mass is 14.9. The molecule has 0 saturated carbocycles. The number of hydrogen-bond donors (Lipinski definition) is 0. The number of nitrogens with zero attached hydrogens (tertiary/aromatic N) is 2. The summed E-state index contributed by atoms with van der Waals surface area (Å²) in [6.45, 7) is 4.68. The molecule has 0 N–H and O–H groups in total. The Bertz CT molecular complexity index is 2760. The average Bonchev–Trinajstić information content (AvgIpc) is 3.43. The SMILES string of the molecule is CC1(C)c2ccccc2-c2cc(-c3ccc4c5ccccc5c5cccc(-c6nc(-c7ccccc7)cc(-c7ccccc7)n6)c5c4c3)ccc21. The maximum absolute atomic E-state index is 5.28. The molecule has 0 spiro atoms. The van der Waals surface area contributed by atoms with Gasteiger partial charge in [0.15, 0.2) is 5.82 Å². The molecule has 1 aliphatic rings. The molecule has 2 nitrogen and oxygen atoms in total. The lowest BCUT2D eigenvalue weighted by Gasteiger charge is -2.21. The lowest BCUT2D eigenvalue weighted by Crippen LogP contribution is -2.14. The molecule has 2 heteroatoms. The van der Waals surface area contributed by atoms with Crippen LogP contribution in [0.4, 0.5) is 0 Å². The third-order valence-electron chi connectivity index (χ3n) is 10.9. The quantitative estimate of drug-likeness (QED) is 0.177. The molecule has 0 saturated heterocycles. The van der Waals surface area contributed by atoms with Crippen LogP contribution >= 0.6 is 0 Å². The van der Waals surface area contributed by atoms with Crippen LogP contribution in [0.15, 0.2) is 170 Å². The third-order valence-corrected chi connectivity index (χ3v) is 10.9. The van der Waals surface area contributed by atoms with Crippen LogP contribution in [0.5, 0.6) is 0 Å². The molecular formula is C49H34N2. The minimum Gasteiger partial charge on any atom is -0.228 e. The Hall–Kier alpha value is -6.38. The predicted octanol–water partition coefficient (Wildman–Crippen LogP) is 12.9. The van der Waals surface area contributed by atoms with Crippen LogP contribution in [0.1, 0.15) is 25.0 Å². The first kappa shape index (κ1) is 29.5. The zero-order chi connectivity index (χ0) is 34.1. The summed E-state index contributed by atoms with van der Waals surface area (Å²) in [6.07, 6.45) is 0. The van der Waals surface area contributed by atoms with Crippen molar-refractivity contribution in [1.29, 1.82) is 0 Å². The molecule has 9 aromatic rings. The van der Waals surface area contributed by atoms with Crippen LogP contribution in [0.3, 0.4) is 0 Å². The lowest BCUT2D eigenvalue weighted by atomic mass is 9.82. The second kappa shape index (κ2) is 11.3. The molecule has 1 aromatic heterocycles. The fourth-order valence-electron chi connectivity index (χ4n) is 8.35. The molecule has 0 amide bonds. The van der Waals surface area contributed by atoms with Crippen LogP contribution in [-0.4, -0.2) is 9.97 Å². The Morgan fingerprint density at radius 3 is 1.61 bits per heavy atom.